The number of amides is 2. The number of urea groups is 1. The van der Waals surface area contributed by atoms with Gasteiger partial charge in [0.15, 0.2) is 0 Å². The summed E-state index contributed by atoms with van der Waals surface area (Å²) in [4.78, 5) is 13.6. The number of ether oxygens (including phenoxy) is 1. The number of nitrogens with zero attached hydrogens (tertiary/aromatic N) is 2. The van der Waals surface area contributed by atoms with Gasteiger partial charge in [-0.1, -0.05) is 11.6 Å². The highest BCUT2D eigenvalue weighted by Crippen LogP contribution is 2.20. The van der Waals surface area contributed by atoms with E-state index in [9.17, 15) is 4.79 Å². The smallest absolute Gasteiger partial charge is 0.322 e. The molecule has 1 aliphatic heterocycles. The van der Waals surface area contributed by atoms with Crippen LogP contribution in [0.15, 0.2) is 18.2 Å². The quantitative estimate of drug-likeness (QED) is 0.845. The molecular weight excluding hydrogens is 254 g/mol. The molecule has 0 radical (unpaired) electrons. The fraction of sp³-hybridized carbons (Fsp3) is 0.333. The summed E-state index contributed by atoms with van der Waals surface area (Å²) in [6.07, 6.45) is 0. The van der Waals surface area contributed by atoms with Crippen molar-refractivity contribution in [3.63, 3.8) is 0 Å². The molecule has 1 heterocycles. The highest BCUT2D eigenvalue weighted by atomic mass is 35.5. The molecule has 0 bridgehead atoms. The van der Waals surface area contributed by atoms with Crippen LogP contribution < -0.4 is 5.32 Å². The zero-order valence-electron chi connectivity index (χ0n) is 9.65. The minimum Gasteiger partial charge on any atom is -0.378 e. The molecule has 18 heavy (non-hydrogen) atoms. The SMILES string of the molecule is N#Cc1ccc(NC(=O)N2CCOCC2)cc1Cl. The average molecular weight is 266 g/mol. The number of anilines is 1. The number of halogens is 1. The molecule has 5 nitrogen and oxygen atoms in total. The highest BCUT2D eigenvalue weighted by molar-refractivity contribution is 6.32. The first-order valence-electron chi connectivity index (χ1n) is 5.54. The van der Waals surface area contributed by atoms with E-state index in [2.05, 4.69) is 5.32 Å². The summed E-state index contributed by atoms with van der Waals surface area (Å²) in [6.45, 7) is 2.27. The van der Waals surface area contributed by atoms with E-state index in [0.717, 1.165) is 0 Å². The summed E-state index contributed by atoms with van der Waals surface area (Å²) >= 11 is 5.89. The fourth-order valence-corrected chi connectivity index (χ4v) is 1.88. The van der Waals surface area contributed by atoms with Crippen LogP contribution in [0.5, 0.6) is 0 Å². The Bertz CT molecular complexity index is 493. The van der Waals surface area contributed by atoms with Crippen molar-refractivity contribution in [2.45, 2.75) is 0 Å². The topological polar surface area (TPSA) is 65.4 Å². The van der Waals surface area contributed by atoms with Gasteiger partial charge >= 0.3 is 6.03 Å². The molecule has 0 spiro atoms. The highest BCUT2D eigenvalue weighted by Gasteiger charge is 2.16. The van der Waals surface area contributed by atoms with Crippen LogP contribution in [0, 0.1) is 11.3 Å². The number of rotatable bonds is 1. The van der Waals surface area contributed by atoms with Crippen molar-refractivity contribution in [2.75, 3.05) is 31.6 Å². The third kappa shape index (κ3) is 2.92. The number of hydrogen-bond acceptors (Lipinski definition) is 3. The Morgan fingerprint density at radius 3 is 2.78 bits per heavy atom. The molecule has 1 N–H and O–H groups in total. The van der Waals surface area contributed by atoms with Gasteiger partial charge in [-0.3, -0.25) is 0 Å². The maximum atomic E-state index is 11.9. The molecule has 0 aliphatic carbocycles. The Hall–Kier alpha value is -1.77. The molecule has 1 aromatic carbocycles. The second-order valence-corrected chi connectivity index (χ2v) is 4.24. The summed E-state index contributed by atoms with van der Waals surface area (Å²) in [5, 5.41) is 11.8. The van der Waals surface area contributed by atoms with Crippen molar-refractivity contribution in [1.29, 1.82) is 5.26 Å². The van der Waals surface area contributed by atoms with Crippen molar-refractivity contribution < 1.29 is 9.53 Å². The largest absolute Gasteiger partial charge is 0.378 e. The first-order chi connectivity index (χ1) is 8.70. The number of carbonyl (C=O) groups excluding carboxylic acids is 1. The maximum Gasteiger partial charge on any atom is 0.322 e. The lowest BCUT2D eigenvalue weighted by atomic mass is 10.2. The predicted octanol–water partition coefficient (Wildman–Crippen LogP) is 2.08. The summed E-state index contributed by atoms with van der Waals surface area (Å²) in [7, 11) is 0. The van der Waals surface area contributed by atoms with E-state index in [4.69, 9.17) is 21.6 Å². The van der Waals surface area contributed by atoms with E-state index in [0.29, 0.717) is 42.6 Å². The fourth-order valence-electron chi connectivity index (χ4n) is 1.65. The van der Waals surface area contributed by atoms with Crippen molar-refractivity contribution in [3.8, 4) is 6.07 Å². The van der Waals surface area contributed by atoms with Gasteiger partial charge in [-0.2, -0.15) is 5.26 Å². The van der Waals surface area contributed by atoms with Crippen molar-refractivity contribution in [3.05, 3.63) is 28.8 Å². The van der Waals surface area contributed by atoms with Crippen LogP contribution in [-0.4, -0.2) is 37.2 Å². The number of benzene rings is 1. The van der Waals surface area contributed by atoms with Gasteiger partial charge in [-0.25, -0.2) is 4.79 Å². The monoisotopic (exact) mass is 265 g/mol. The molecule has 0 saturated carbocycles. The summed E-state index contributed by atoms with van der Waals surface area (Å²) in [5.74, 6) is 0. The van der Waals surface area contributed by atoms with Gasteiger partial charge in [0.05, 0.1) is 23.8 Å². The van der Waals surface area contributed by atoms with Crippen LogP contribution >= 0.6 is 11.6 Å². The van der Waals surface area contributed by atoms with Crippen LogP contribution in [0.3, 0.4) is 0 Å². The third-order valence-corrected chi connectivity index (χ3v) is 2.95. The maximum absolute atomic E-state index is 11.9. The lowest BCUT2D eigenvalue weighted by molar-refractivity contribution is 0.0564. The molecule has 1 aromatic rings. The molecule has 0 aromatic heterocycles. The number of nitrogens with one attached hydrogen (secondary N) is 1. The molecule has 1 saturated heterocycles. The zero-order chi connectivity index (χ0) is 13.0. The van der Waals surface area contributed by atoms with Gasteiger partial charge in [0, 0.05) is 18.8 Å². The second-order valence-electron chi connectivity index (χ2n) is 3.84. The van der Waals surface area contributed by atoms with E-state index in [1.165, 1.54) is 0 Å². The van der Waals surface area contributed by atoms with Gasteiger partial charge in [0.25, 0.3) is 0 Å². The minimum absolute atomic E-state index is 0.181. The van der Waals surface area contributed by atoms with E-state index >= 15 is 0 Å². The molecule has 2 rings (SSSR count). The molecule has 6 heteroatoms. The summed E-state index contributed by atoms with van der Waals surface area (Å²) in [6, 6.07) is 6.59. The molecular formula is C12H12ClN3O2. The van der Waals surface area contributed by atoms with Crippen molar-refractivity contribution in [1.82, 2.24) is 4.90 Å². The van der Waals surface area contributed by atoms with E-state index in [1.54, 1.807) is 23.1 Å². The summed E-state index contributed by atoms with van der Waals surface area (Å²) < 4.78 is 5.17. The number of hydrogen-bond donors (Lipinski definition) is 1. The zero-order valence-corrected chi connectivity index (χ0v) is 10.4. The van der Waals surface area contributed by atoms with Crippen molar-refractivity contribution in [2.24, 2.45) is 0 Å². The van der Waals surface area contributed by atoms with Gasteiger partial charge in [0.2, 0.25) is 0 Å². The van der Waals surface area contributed by atoms with Gasteiger partial charge in [-0.05, 0) is 18.2 Å². The standard InChI is InChI=1S/C12H12ClN3O2/c13-11-7-10(2-1-9(11)8-14)15-12(17)16-3-5-18-6-4-16/h1-2,7H,3-6H2,(H,15,17). The Labute approximate surface area is 110 Å². The minimum atomic E-state index is -0.181. The van der Waals surface area contributed by atoms with Crippen LogP contribution in [0.4, 0.5) is 10.5 Å². The van der Waals surface area contributed by atoms with E-state index < -0.39 is 0 Å². The van der Waals surface area contributed by atoms with Crippen LogP contribution in [0.1, 0.15) is 5.56 Å². The first kappa shape index (κ1) is 12.7. The number of carbonyl (C=O) groups is 1. The Balaban J connectivity index is 2.02. The molecule has 94 valence electrons. The first-order valence-corrected chi connectivity index (χ1v) is 5.92. The molecule has 0 atom stereocenters. The molecule has 1 fully saturated rings. The molecule has 0 unspecified atom stereocenters. The lowest BCUT2D eigenvalue weighted by Gasteiger charge is -2.26. The van der Waals surface area contributed by atoms with E-state index in [-0.39, 0.29) is 6.03 Å². The van der Waals surface area contributed by atoms with Gasteiger partial charge < -0.3 is 15.0 Å². The summed E-state index contributed by atoms with van der Waals surface area (Å²) in [5.41, 5.74) is 0.969. The lowest BCUT2D eigenvalue weighted by Crippen LogP contribution is -2.43. The second kappa shape index (κ2) is 5.71. The predicted molar refractivity (Wildman–Crippen MR) is 67.6 cm³/mol. The van der Waals surface area contributed by atoms with E-state index in [1.807, 2.05) is 6.07 Å². The number of nitriles is 1. The average Bonchev–Trinajstić information content (AvgIpc) is 2.40. The van der Waals surface area contributed by atoms with Gasteiger partial charge in [-0.15, -0.1) is 0 Å². The van der Waals surface area contributed by atoms with Crippen LogP contribution in [0.25, 0.3) is 0 Å². The van der Waals surface area contributed by atoms with Gasteiger partial charge in [0.1, 0.15) is 6.07 Å². The Morgan fingerprint density at radius 1 is 1.44 bits per heavy atom. The van der Waals surface area contributed by atoms with Crippen LogP contribution in [0.2, 0.25) is 5.02 Å². The normalized spacial score (nSPS) is 15.0. The van der Waals surface area contributed by atoms with Crippen molar-refractivity contribution >= 4 is 23.3 Å². The Morgan fingerprint density at radius 2 is 2.17 bits per heavy atom. The third-order valence-electron chi connectivity index (χ3n) is 2.64. The van der Waals surface area contributed by atoms with Crippen LogP contribution in [-0.2, 0) is 4.74 Å². The number of morpholine rings is 1. The Kier molecular flexibility index (Phi) is 4.03. The molecule has 2 amide bonds. The molecule has 1 aliphatic rings.